The standard InChI is InChI=1S/C11H15N5O5/c17-11(18)14-3-1-13(2-4-14)5-8-6-15-7-9(16(19)20)12-10(15)21-8/h7-8H,1-6H2,(H,17,18)/t8-/m1/s1. The summed E-state index contributed by atoms with van der Waals surface area (Å²) in [5.74, 6) is -0.210. The quantitative estimate of drug-likeness (QED) is 0.609. The molecule has 114 valence electrons. The van der Waals surface area contributed by atoms with Gasteiger partial charge in [-0.3, -0.25) is 9.47 Å². The number of nitrogens with zero attached hydrogens (tertiary/aromatic N) is 5. The van der Waals surface area contributed by atoms with Crippen molar-refractivity contribution in [3.8, 4) is 6.01 Å². The van der Waals surface area contributed by atoms with E-state index in [1.165, 1.54) is 11.1 Å². The molecule has 0 aliphatic carbocycles. The molecule has 21 heavy (non-hydrogen) atoms. The van der Waals surface area contributed by atoms with Crippen LogP contribution < -0.4 is 4.74 Å². The second-order valence-corrected chi connectivity index (χ2v) is 5.10. The summed E-state index contributed by atoms with van der Waals surface area (Å²) in [6.45, 7) is 3.47. The topological polar surface area (TPSA) is 114 Å². The minimum absolute atomic E-state index is 0.107. The van der Waals surface area contributed by atoms with E-state index in [-0.39, 0.29) is 17.9 Å². The van der Waals surface area contributed by atoms with Gasteiger partial charge in [-0.15, -0.1) is 0 Å². The van der Waals surface area contributed by atoms with Crippen LogP contribution in [-0.4, -0.2) is 74.3 Å². The molecule has 1 atom stereocenters. The number of aromatic nitrogens is 2. The van der Waals surface area contributed by atoms with Crippen molar-refractivity contribution in [3.05, 3.63) is 16.3 Å². The third-order valence-electron chi connectivity index (χ3n) is 3.69. The van der Waals surface area contributed by atoms with Gasteiger partial charge in [0.2, 0.25) is 0 Å². The van der Waals surface area contributed by atoms with Gasteiger partial charge in [-0.1, -0.05) is 0 Å². The molecule has 1 aromatic heterocycles. The lowest BCUT2D eigenvalue weighted by Crippen LogP contribution is -2.50. The Morgan fingerprint density at radius 1 is 1.48 bits per heavy atom. The molecule has 0 radical (unpaired) electrons. The summed E-state index contributed by atoms with van der Waals surface area (Å²) in [7, 11) is 0. The maximum atomic E-state index is 10.8. The zero-order chi connectivity index (χ0) is 15.0. The summed E-state index contributed by atoms with van der Waals surface area (Å²) >= 11 is 0. The number of hydrogen-bond acceptors (Lipinski definition) is 6. The van der Waals surface area contributed by atoms with E-state index in [2.05, 4.69) is 9.88 Å². The average Bonchev–Trinajstić information content (AvgIpc) is 2.97. The van der Waals surface area contributed by atoms with Gasteiger partial charge >= 0.3 is 17.9 Å². The molecule has 0 spiro atoms. The fraction of sp³-hybridized carbons (Fsp3) is 0.636. The van der Waals surface area contributed by atoms with Gasteiger partial charge in [-0.25, -0.2) is 4.79 Å². The number of carbonyl (C=O) groups is 1. The van der Waals surface area contributed by atoms with Crippen LogP contribution in [0.1, 0.15) is 0 Å². The van der Waals surface area contributed by atoms with Crippen LogP contribution in [-0.2, 0) is 6.54 Å². The lowest BCUT2D eigenvalue weighted by atomic mass is 10.2. The van der Waals surface area contributed by atoms with Crippen LogP contribution in [0.2, 0.25) is 0 Å². The zero-order valence-corrected chi connectivity index (χ0v) is 11.2. The summed E-state index contributed by atoms with van der Waals surface area (Å²) in [5.41, 5.74) is 0. The fourth-order valence-electron chi connectivity index (χ4n) is 2.61. The maximum absolute atomic E-state index is 10.8. The Morgan fingerprint density at radius 2 is 2.19 bits per heavy atom. The van der Waals surface area contributed by atoms with Gasteiger partial charge in [0.15, 0.2) is 0 Å². The molecule has 1 N–H and O–H groups in total. The summed E-state index contributed by atoms with van der Waals surface area (Å²) in [4.78, 5) is 28.2. The molecule has 10 nitrogen and oxygen atoms in total. The molecule has 0 unspecified atom stereocenters. The number of hydrogen-bond donors (Lipinski definition) is 1. The normalized spacial score (nSPS) is 21.9. The molecule has 0 bridgehead atoms. The van der Waals surface area contributed by atoms with Gasteiger partial charge in [0, 0.05) is 37.7 Å². The van der Waals surface area contributed by atoms with Crippen LogP contribution in [0.15, 0.2) is 6.20 Å². The van der Waals surface area contributed by atoms with E-state index >= 15 is 0 Å². The number of ether oxygens (including phenoxy) is 1. The Bertz CT molecular complexity index is 542. The molecule has 2 aliphatic rings. The van der Waals surface area contributed by atoms with Gasteiger partial charge in [0.05, 0.1) is 6.54 Å². The van der Waals surface area contributed by atoms with E-state index in [9.17, 15) is 14.9 Å². The first kappa shape index (κ1) is 13.6. The lowest BCUT2D eigenvalue weighted by Gasteiger charge is -2.33. The highest BCUT2D eigenvalue weighted by Crippen LogP contribution is 2.25. The number of carboxylic acid groups (broad SMARTS) is 1. The molecule has 1 amide bonds. The van der Waals surface area contributed by atoms with Gasteiger partial charge in [-0.05, 0) is 4.92 Å². The molecular formula is C11H15N5O5. The number of imidazole rings is 1. The van der Waals surface area contributed by atoms with E-state index in [1.807, 2.05) is 0 Å². The van der Waals surface area contributed by atoms with E-state index in [4.69, 9.17) is 9.84 Å². The number of rotatable bonds is 3. The smallest absolute Gasteiger partial charge is 0.414 e. The minimum atomic E-state index is -0.890. The Labute approximate surface area is 119 Å². The molecule has 10 heteroatoms. The summed E-state index contributed by atoms with van der Waals surface area (Å²) in [6.07, 6.45) is 0.376. The molecule has 1 saturated heterocycles. The highest BCUT2D eigenvalue weighted by molar-refractivity contribution is 5.65. The van der Waals surface area contributed by atoms with Gasteiger partial charge in [0.25, 0.3) is 0 Å². The van der Waals surface area contributed by atoms with E-state index in [0.29, 0.717) is 39.3 Å². The SMILES string of the molecule is O=C(O)N1CCN(C[C@@H]2Cn3cc([N+](=O)[O-])nc3O2)CC1. The predicted molar refractivity (Wildman–Crippen MR) is 69.3 cm³/mol. The van der Waals surface area contributed by atoms with Crippen molar-refractivity contribution in [2.75, 3.05) is 32.7 Å². The number of amides is 1. The Hall–Kier alpha value is -2.36. The van der Waals surface area contributed by atoms with Crippen LogP contribution in [0.3, 0.4) is 0 Å². The molecule has 0 saturated carbocycles. The Morgan fingerprint density at radius 3 is 2.76 bits per heavy atom. The predicted octanol–water partition coefficient (Wildman–Crippen LogP) is -0.152. The summed E-state index contributed by atoms with van der Waals surface area (Å²) < 4.78 is 7.23. The third-order valence-corrected chi connectivity index (χ3v) is 3.69. The van der Waals surface area contributed by atoms with Crippen LogP contribution in [0.5, 0.6) is 6.01 Å². The first-order valence-electron chi connectivity index (χ1n) is 6.61. The first-order chi connectivity index (χ1) is 10.0. The van der Waals surface area contributed by atoms with E-state index in [1.54, 1.807) is 4.57 Å². The monoisotopic (exact) mass is 297 g/mol. The molecule has 3 rings (SSSR count). The number of nitro groups is 1. The molecular weight excluding hydrogens is 282 g/mol. The van der Waals surface area contributed by atoms with Gasteiger partial charge in [0.1, 0.15) is 12.3 Å². The van der Waals surface area contributed by atoms with Crippen molar-refractivity contribution in [2.45, 2.75) is 12.6 Å². The molecule has 0 aromatic carbocycles. The van der Waals surface area contributed by atoms with Crippen LogP contribution in [0, 0.1) is 10.1 Å². The Balaban J connectivity index is 1.51. The lowest BCUT2D eigenvalue weighted by molar-refractivity contribution is -0.389. The van der Waals surface area contributed by atoms with Gasteiger partial charge < -0.3 is 24.9 Å². The number of piperazine rings is 1. The largest absolute Gasteiger partial charge is 0.465 e. The van der Waals surface area contributed by atoms with Crippen LogP contribution in [0.4, 0.5) is 10.6 Å². The van der Waals surface area contributed by atoms with Crippen molar-refractivity contribution in [3.63, 3.8) is 0 Å². The van der Waals surface area contributed by atoms with E-state index < -0.39 is 11.0 Å². The van der Waals surface area contributed by atoms with Crippen LogP contribution in [0.25, 0.3) is 0 Å². The Kier molecular flexibility index (Phi) is 3.37. The minimum Gasteiger partial charge on any atom is -0.465 e. The second-order valence-electron chi connectivity index (χ2n) is 5.10. The number of fused-ring (bicyclic) bond motifs is 1. The van der Waals surface area contributed by atoms with Crippen molar-refractivity contribution in [2.24, 2.45) is 0 Å². The average molecular weight is 297 g/mol. The fourth-order valence-corrected chi connectivity index (χ4v) is 2.61. The first-order valence-corrected chi connectivity index (χ1v) is 6.61. The van der Waals surface area contributed by atoms with Crippen molar-refractivity contribution in [1.29, 1.82) is 0 Å². The van der Waals surface area contributed by atoms with Crippen molar-refractivity contribution < 1.29 is 19.6 Å². The molecule has 1 fully saturated rings. The maximum Gasteiger partial charge on any atom is 0.414 e. The molecule has 3 heterocycles. The van der Waals surface area contributed by atoms with Crippen molar-refractivity contribution in [1.82, 2.24) is 19.4 Å². The summed E-state index contributed by atoms with van der Waals surface area (Å²) in [6, 6.07) is 0.274. The zero-order valence-electron chi connectivity index (χ0n) is 11.2. The van der Waals surface area contributed by atoms with Crippen LogP contribution >= 0.6 is 0 Å². The van der Waals surface area contributed by atoms with E-state index in [0.717, 1.165) is 0 Å². The van der Waals surface area contributed by atoms with Crippen molar-refractivity contribution >= 4 is 11.9 Å². The van der Waals surface area contributed by atoms with Gasteiger partial charge in [-0.2, -0.15) is 0 Å². The summed E-state index contributed by atoms with van der Waals surface area (Å²) in [5, 5.41) is 19.5. The third kappa shape index (κ3) is 2.75. The molecule has 1 aromatic rings. The second kappa shape index (κ2) is 5.20. The highest BCUT2D eigenvalue weighted by Gasteiger charge is 2.33. The highest BCUT2D eigenvalue weighted by atomic mass is 16.6. The molecule has 2 aliphatic heterocycles.